The van der Waals surface area contributed by atoms with Gasteiger partial charge in [-0.1, -0.05) is 31.2 Å². The second-order valence-electron chi connectivity index (χ2n) is 8.44. The third-order valence-electron chi connectivity index (χ3n) is 6.59. The van der Waals surface area contributed by atoms with E-state index in [9.17, 15) is 4.79 Å². The van der Waals surface area contributed by atoms with E-state index in [-0.39, 0.29) is 12.0 Å². The summed E-state index contributed by atoms with van der Waals surface area (Å²) in [6, 6.07) is 12.5. The minimum atomic E-state index is 0.0949. The molecule has 5 rings (SSSR count). The van der Waals surface area contributed by atoms with Crippen LogP contribution in [0.5, 0.6) is 11.5 Å². The number of ether oxygens (including phenoxy) is 2. The van der Waals surface area contributed by atoms with E-state index in [1.54, 1.807) is 0 Å². The van der Waals surface area contributed by atoms with Gasteiger partial charge in [-0.2, -0.15) is 0 Å². The summed E-state index contributed by atoms with van der Waals surface area (Å²) in [6.45, 7) is 9.24. The van der Waals surface area contributed by atoms with Gasteiger partial charge in [0.15, 0.2) is 0 Å². The fourth-order valence-corrected chi connectivity index (χ4v) is 4.63. The molecule has 0 spiro atoms. The fourth-order valence-electron chi connectivity index (χ4n) is 4.63. The molecule has 0 N–H and O–H groups in total. The number of rotatable bonds is 3. The van der Waals surface area contributed by atoms with Crippen LogP contribution in [-0.4, -0.2) is 54.6 Å². The van der Waals surface area contributed by atoms with Crippen molar-refractivity contribution in [1.82, 2.24) is 9.80 Å². The predicted octanol–water partition coefficient (Wildman–Crippen LogP) is 3.46. The van der Waals surface area contributed by atoms with Crippen molar-refractivity contribution < 1.29 is 14.3 Å². The van der Waals surface area contributed by atoms with Crippen LogP contribution in [-0.2, 0) is 13.0 Å². The van der Waals surface area contributed by atoms with Crippen molar-refractivity contribution in [3.63, 3.8) is 0 Å². The van der Waals surface area contributed by atoms with Crippen LogP contribution in [0.1, 0.15) is 46.8 Å². The summed E-state index contributed by atoms with van der Waals surface area (Å²) in [5.41, 5.74) is 4.51. The second-order valence-corrected chi connectivity index (χ2v) is 8.44. The maximum atomic E-state index is 13.2. The molecule has 1 amide bonds. The Morgan fingerprint density at radius 1 is 1.10 bits per heavy atom. The number of carbonyl (C=O) groups is 1. The normalized spacial score (nSPS) is 23.3. The monoisotopic (exact) mass is 392 g/mol. The topological polar surface area (TPSA) is 42.0 Å². The zero-order chi connectivity index (χ0) is 20.0. The molecule has 5 heteroatoms. The van der Waals surface area contributed by atoms with Crippen molar-refractivity contribution in [3.05, 3.63) is 58.7 Å². The Kier molecular flexibility index (Phi) is 4.70. The molecule has 29 heavy (non-hydrogen) atoms. The van der Waals surface area contributed by atoms with Gasteiger partial charge in [0, 0.05) is 50.6 Å². The van der Waals surface area contributed by atoms with Gasteiger partial charge in [0.25, 0.3) is 5.91 Å². The predicted molar refractivity (Wildman–Crippen MR) is 112 cm³/mol. The smallest absolute Gasteiger partial charge is 0.257 e. The number of amides is 1. The minimum Gasteiger partial charge on any atom is -0.493 e. The highest BCUT2D eigenvalue weighted by molar-refractivity contribution is 5.97. The van der Waals surface area contributed by atoms with Gasteiger partial charge in [-0.25, -0.2) is 0 Å². The van der Waals surface area contributed by atoms with Crippen molar-refractivity contribution in [2.75, 3.05) is 32.8 Å². The van der Waals surface area contributed by atoms with E-state index in [0.717, 1.165) is 62.8 Å². The molecule has 2 aromatic carbocycles. The van der Waals surface area contributed by atoms with Crippen LogP contribution in [0.4, 0.5) is 0 Å². The van der Waals surface area contributed by atoms with E-state index in [0.29, 0.717) is 11.5 Å². The molecule has 3 heterocycles. The zero-order valence-electron chi connectivity index (χ0n) is 17.2. The summed E-state index contributed by atoms with van der Waals surface area (Å²) in [4.78, 5) is 17.6. The lowest BCUT2D eigenvalue weighted by Crippen LogP contribution is -2.48. The first-order valence-electron chi connectivity index (χ1n) is 10.7. The summed E-state index contributed by atoms with van der Waals surface area (Å²) >= 11 is 0. The van der Waals surface area contributed by atoms with Gasteiger partial charge in [-0.05, 0) is 30.2 Å². The molecule has 1 fully saturated rings. The quantitative estimate of drug-likeness (QED) is 0.802. The lowest BCUT2D eigenvalue weighted by Gasteiger charge is -2.35. The fraction of sp³-hybridized carbons (Fsp3) is 0.458. The van der Waals surface area contributed by atoms with Gasteiger partial charge < -0.3 is 14.4 Å². The number of nitrogens with zero attached hydrogens (tertiary/aromatic N) is 2. The number of hydrogen-bond donors (Lipinski definition) is 0. The first-order valence-corrected chi connectivity index (χ1v) is 10.7. The molecule has 0 saturated carbocycles. The average Bonchev–Trinajstić information content (AvgIpc) is 3.32. The highest BCUT2D eigenvalue weighted by Crippen LogP contribution is 2.40. The summed E-state index contributed by atoms with van der Waals surface area (Å²) in [5.74, 6) is 2.25. The molecule has 0 radical (unpaired) electrons. The summed E-state index contributed by atoms with van der Waals surface area (Å²) in [5, 5.41) is 0. The molecular formula is C24H28N2O3. The van der Waals surface area contributed by atoms with Crippen molar-refractivity contribution in [1.29, 1.82) is 0 Å². The zero-order valence-corrected chi connectivity index (χ0v) is 17.2. The molecule has 5 nitrogen and oxygen atoms in total. The molecule has 2 aromatic rings. The van der Waals surface area contributed by atoms with Gasteiger partial charge in [0.2, 0.25) is 0 Å². The van der Waals surface area contributed by atoms with Gasteiger partial charge in [0.05, 0.1) is 12.2 Å². The molecule has 0 bridgehead atoms. The van der Waals surface area contributed by atoms with E-state index in [2.05, 4.69) is 43.0 Å². The molecular weight excluding hydrogens is 364 g/mol. The molecule has 0 aromatic heterocycles. The van der Waals surface area contributed by atoms with Crippen LogP contribution in [0.15, 0.2) is 36.4 Å². The number of para-hydroxylation sites is 1. The summed E-state index contributed by atoms with van der Waals surface area (Å²) in [6.07, 6.45) is 1.13. The van der Waals surface area contributed by atoms with Crippen molar-refractivity contribution in [2.45, 2.75) is 38.8 Å². The Balaban J connectivity index is 1.23. The van der Waals surface area contributed by atoms with Crippen LogP contribution >= 0.6 is 0 Å². The first kappa shape index (κ1) is 18.5. The van der Waals surface area contributed by atoms with Gasteiger partial charge in [0.1, 0.15) is 17.6 Å². The second kappa shape index (κ2) is 7.38. The molecule has 2 atom stereocenters. The van der Waals surface area contributed by atoms with Crippen molar-refractivity contribution >= 4 is 5.91 Å². The minimum absolute atomic E-state index is 0.0949. The van der Waals surface area contributed by atoms with E-state index >= 15 is 0 Å². The molecule has 0 aliphatic carbocycles. The molecule has 152 valence electrons. The van der Waals surface area contributed by atoms with E-state index in [4.69, 9.17) is 9.47 Å². The maximum Gasteiger partial charge on any atom is 0.257 e. The average molecular weight is 392 g/mol. The number of hydrogen-bond acceptors (Lipinski definition) is 4. The van der Waals surface area contributed by atoms with Gasteiger partial charge in [-0.15, -0.1) is 0 Å². The van der Waals surface area contributed by atoms with E-state index in [1.807, 2.05) is 17.0 Å². The van der Waals surface area contributed by atoms with Gasteiger partial charge >= 0.3 is 0 Å². The Hall–Kier alpha value is -2.53. The Morgan fingerprint density at radius 3 is 2.76 bits per heavy atom. The Bertz CT molecular complexity index is 934. The van der Waals surface area contributed by atoms with Crippen molar-refractivity contribution in [2.24, 2.45) is 0 Å². The van der Waals surface area contributed by atoms with Crippen molar-refractivity contribution in [3.8, 4) is 11.5 Å². The highest BCUT2D eigenvalue weighted by atomic mass is 16.5. The lowest BCUT2D eigenvalue weighted by atomic mass is 9.96. The number of carbonyl (C=O) groups excluding carboxylic acids is 1. The standard InChI is InChI=1S/C24H28N2O3/c1-16-17(2)29-23-20(16)4-3-5-21(23)24(27)26-11-9-25(10-12-26)15-18-6-7-22-19(14-18)8-13-28-22/h3-7,14,16-17H,8-13,15H2,1-2H3/t16-,17-/m1/s1. The van der Waals surface area contributed by atoms with Crippen LogP contribution in [0.2, 0.25) is 0 Å². The van der Waals surface area contributed by atoms with Crippen LogP contribution in [0.25, 0.3) is 0 Å². The number of benzene rings is 2. The van der Waals surface area contributed by atoms with Gasteiger partial charge in [-0.3, -0.25) is 9.69 Å². The SMILES string of the molecule is C[C@H]1Oc2c(C(=O)N3CCN(Cc4ccc5c(c4)CCO5)CC3)cccc2[C@@H]1C. The number of fused-ring (bicyclic) bond motifs is 2. The molecule has 3 aliphatic rings. The van der Waals surface area contributed by atoms with E-state index < -0.39 is 0 Å². The number of piperazine rings is 1. The lowest BCUT2D eigenvalue weighted by molar-refractivity contribution is 0.0623. The van der Waals surface area contributed by atoms with E-state index in [1.165, 1.54) is 11.1 Å². The third kappa shape index (κ3) is 3.38. The highest BCUT2D eigenvalue weighted by Gasteiger charge is 2.33. The maximum absolute atomic E-state index is 13.2. The van der Waals surface area contributed by atoms with Crippen LogP contribution in [0.3, 0.4) is 0 Å². The Morgan fingerprint density at radius 2 is 1.93 bits per heavy atom. The van der Waals surface area contributed by atoms with Crippen LogP contribution < -0.4 is 9.47 Å². The Labute approximate surface area is 172 Å². The largest absolute Gasteiger partial charge is 0.493 e. The molecule has 0 unspecified atom stereocenters. The summed E-state index contributed by atoms with van der Waals surface area (Å²) in [7, 11) is 0. The third-order valence-corrected chi connectivity index (χ3v) is 6.59. The first-order chi connectivity index (χ1) is 14.1. The van der Waals surface area contributed by atoms with Crippen LogP contribution in [0, 0.1) is 0 Å². The molecule has 1 saturated heterocycles. The summed E-state index contributed by atoms with van der Waals surface area (Å²) < 4.78 is 11.6. The molecule has 3 aliphatic heterocycles.